The second kappa shape index (κ2) is 6.02. The molecule has 2 fully saturated rings. The van der Waals surface area contributed by atoms with Crippen molar-refractivity contribution in [3.8, 4) is 5.75 Å². The molecule has 0 aliphatic carbocycles. The van der Waals surface area contributed by atoms with E-state index in [0.29, 0.717) is 11.6 Å². The van der Waals surface area contributed by atoms with Crippen molar-refractivity contribution in [1.82, 2.24) is 0 Å². The molecule has 0 N–H and O–H groups in total. The van der Waals surface area contributed by atoms with Crippen molar-refractivity contribution in [2.24, 2.45) is 0 Å². The van der Waals surface area contributed by atoms with Gasteiger partial charge in [-0.2, -0.15) is 11.8 Å². The molecular formula is C14H16ClNO4S. The van der Waals surface area contributed by atoms with Crippen molar-refractivity contribution >= 4 is 29.1 Å². The third kappa shape index (κ3) is 3.27. The molecule has 2 saturated heterocycles. The Labute approximate surface area is 132 Å². The standard InChI is InChI=1S/C14H16ClNO4S/c15-10-1-2-12(16(17)18)13(7-10)20-11-3-5-19-14(8-11)4-6-21-9-14/h1-2,7,11H,3-6,8-9H2. The first-order valence-electron chi connectivity index (χ1n) is 6.90. The molecule has 2 unspecified atom stereocenters. The molecule has 5 nitrogen and oxygen atoms in total. The van der Waals surface area contributed by atoms with Crippen molar-refractivity contribution in [3.05, 3.63) is 33.3 Å². The molecule has 2 atom stereocenters. The Hall–Kier alpha value is -0.980. The molecule has 2 aliphatic heterocycles. The van der Waals surface area contributed by atoms with Crippen molar-refractivity contribution in [1.29, 1.82) is 0 Å². The highest BCUT2D eigenvalue weighted by atomic mass is 35.5. The molecule has 0 aromatic heterocycles. The van der Waals surface area contributed by atoms with Crippen LogP contribution in [-0.2, 0) is 4.74 Å². The third-order valence-electron chi connectivity index (χ3n) is 3.93. The maximum atomic E-state index is 11.1. The topological polar surface area (TPSA) is 61.6 Å². The average Bonchev–Trinajstić information content (AvgIpc) is 2.86. The first-order chi connectivity index (χ1) is 10.1. The van der Waals surface area contributed by atoms with Crippen LogP contribution in [0.15, 0.2) is 18.2 Å². The molecule has 21 heavy (non-hydrogen) atoms. The van der Waals surface area contributed by atoms with E-state index in [1.165, 1.54) is 18.2 Å². The highest BCUT2D eigenvalue weighted by Crippen LogP contribution is 2.40. The number of nitro benzene ring substituents is 1. The van der Waals surface area contributed by atoms with Crippen LogP contribution in [0.4, 0.5) is 5.69 Å². The quantitative estimate of drug-likeness (QED) is 0.625. The number of hydrogen-bond donors (Lipinski definition) is 0. The van der Waals surface area contributed by atoms with E-state index >= 15 is 0 Å². The maximum absolute atomic E-state index is 11.1. The molecular weight excluding hydrogens is 314 g/mol. The van der Waals surface area contributed by atoms with Crippen molar-refractivity contribution < 1.29 is 14.4 Å². The van der Waals surface area contributed by atoms with Crippen LogP contribution in [0.25, 0.3) is 0 Å². The number of rotatable bonds is 3. The van der Waals surface area contributed by atoms with Gasteiger partial charge >= 0.3 is 5.69 Å². The average molecular weight is 330 g/mol. The molecule has 1 aromatic carbocycles. The highest BCUT2D eigenvalue weighted by molar-refractivity contribution is 7.99. The molecule has 7 heteroatoms. The third-order valence-corrected chi connectivity index (χ3v) is 5.39. The summed E-state index contributed by atoms with van der Waals surface area (Å²) in [6.07, 6.45) is 2.49. The first-order valence-corrected chi connectivity index (χ1v) is 8.44. The van der Waals surface area contributed by atoms with Gasteiger partial charge < -0.3 is 9.47 Å². The van der Waals surface area contributed by atoms with Crippen LogP contribution in [0, 0.1) is 10.1 Å². The molecule has 0 amide bonds. The Bertz CT molecular complexity index is 548. The summed E-state index contributed by atoms with van der Waals surface area (Å²) in [7, 11) is 0. The largest absolute Gasteiger partial charge is 0.483 e. The lowest BCUT2D eigenvalue weighted by atomic mass is 9.91. The minimum absolute atomic E-state index is 0.0410. The highest BCUT2D eigenvalue weighted by Gasteiger charge is 2.41. The number of nitrogens with zero attached hydrogens (tertiary/aromatic N) is 1. The summed E-state index contributed by atoms with van der Waals surface area (Å²) in [6, 6.07) is 4.41. The molecule has 0 saturated carbocycles. The fourth-order valence-electron chi connectivity index (χ4n) is 2.86. The van der Waals surface area contributed by atoms with Gasteiger partial charge in [-0.05, 0) is 18.2 Å². The fraction of sp³-hybridized carbons (Fsp3) is 0.571. The second-order valence-corrected chi connectivity index (χ2v) is 6.98. The van der Waals surface area contributed by atoms with Crippen LogP contribution in [0.1, 0.15) is 19.3 Å². The summed E-state index contributed by atoms with van der Waals surface area (Å²) in [5, 5.41) is 11.5. The van der Waals surface area contributed by atoms with Crippen LogP contribution in [0.5, 0.6) is 5.75 Å². The molecule has 1 spiro atoms. The Morgan fingerprint density at radius 3 is 3.10 bits per heavy atom. The van der Waals surface area contributed by atoms with Crippen LogP contribution >= 0.6 is 23.4 Å². The summed E-state index contributed by atoms with van der Waals surface area (Å²) in [4.78, 5) is 10.6. The molecule has 1 aromatic rings. The summed E-state index contributed by atoms with van der Waals surface area (Å²) < 4.78 is 11.8. The number of thioether (sulfide) groups is 1. The van der Waals surface area contributed by atoms with E-state index in [4.69, 9.17) is 21.1 Å². The zero-order valence-electron chi connectivity index (χ0n) is 11.4. The van der Waals surface area contributed by atoms with Crippen molar-refractivity contribution in [3.63, 3.8) is 0 Å². The van der Waals surface area contributed by atoms with E-state index in [9.17, 15) is 10.1 Å². The molecule has 0 radical (unpaired) electrons. The van der Waals surface area contributed by atoms with E-state index < -0.39 is 4.92 Å². The van der Waals surface area contributed by atoms with Gasteiger partial charge in [0.1, 0.15) is 6.10 Å². The van der Waals surface area contributed by atoms with Gasteiger partial charge in [0, 0.05) is 35.7 Å². The minimum Gasteiger partial charge on any atom is -0.483 e. The number of ether oxygens (including phenoxy) is 2. The van der Waals surface area contributed by atoms with Gasteiger partial charge in [-0.1, -0.05) is 11.6 Å². The van der Waals surface area contributed by atoms with E-state index in [2.05, 4.69) is 0 Å². The Kier molecular flexibility index (Phi) is 4.28. The number of halogens is 1. The van der Waals surface area contributed by atoms with Crippen LogP contribution in [0.2, 0.25) is 5.02 Å². The van der Waals surface area contributed by atoms with E-state index in [1.54, 1.807) is 0 Å². The predicted octanol–water partition coefficient (Wildman–Crippen LogP) is 3.68. The van der Waals surface area contributed by atoms with Gasteiger partial charge in [-0.3, -0.25) is 10.1 Å². The number of hydrogen-bond acceptors (Lipinski definition) is 5. The minimum atomic E-state index is -0.438. The first kappa shape index (κ1) is 14.9. The monoisotopic (exact) mass is 329 g/mol. The Morgan fingerprint density at radius 2 is 2.38 bits per heavy atom. The lowest BCUT2D eigenvalue weighted by Crippen LogP contribution is -2.43. The van der Waals surface area contributed by atoms with Gasteiger partial charge in [-0.25, -0.2) is 0 Å². The zero-order chi connectivity index (χ0) is 14.9. The molecule has 3 rings (SSSR count). The predicted molar refractivity (Wildman–Crippen MR) is 82.4 cm³/mol. The zero-order valence-corrected chi connectivity index (χ0v) is 13.0. The number of benzene rings is 1. The Balaban J connectivity index is 1.77. The second-order valence-electron chi connectivity index (χ2n) is 5.44. The maximum Gasteiger partial charge on any atom is 0.311 e. The van der Waals surface area contributed by atoms with Crippen LogP contribution < -0.4 is 4.74 Å². The van der Waals surface area contributed by atoms with E-state index in [-0.39, 0.29) is 23.1 Å². The summed E-state index contributed by atoms with van der Waals surface area (Å²) >= 11 is 7.82. The van der Waals surface area contributed by atoms with Gasteiger partial charge in [0.25, 0.3) is 0 Å². The molecule has 2 aliphatic rings. The smallest absolute Gasteiger partial charge is 0.311 e. The number of nitro groups is 1. The van der Waals surface area contributed by atoms with Gasteiger partial charge in [0.15, 0.2) is 5.75 Å². The lowest BCUT2D eigenvalue weighted by Gasteiger charge is -2.37. The molecule has 114 valence electrons. The normalized spacial score (nSPS) is 28.7. The van der Waals surface area contributed by atoms with Crippen molar-refractivity contribution in [2.75, 3.05) is 18.1 Å². The van der Waals surface area contributed by atoms with Crippen molar-refractivity contribution in [2.45, 2.75) is 31.0 Å². The van der Waals surface area contributed by atoms with Crippen LogP contribution in [-0.4, -0.2) is 34.7 Å². The van der Waals surface area contributed by atoms with Crippen LogP contribution in [0.3, 0.4) is 0 Å². The lowest BCUT2D eigenvalue weighted by molar-refractivity contribution is -0.386. The summed E-state index contributed by atoms with van der Waals surface area (Å²) in [5.41, 5.74) is -0.151. The SMILES string of the molecule is O=[N+]([O-])c1ccc(Cl)cc1OC1CCOC2(CCSC2)C1. The Morgan fingerprint density at radius 1 is 1.52 bits per heavy atom. The fourth-order valence-corrected chi connectivity index (χ4v) is 4.40. The van der Waals surface area contributed by atoms with Gasteiger partial charge in [0.2, 0.25) is 0 Å². The summed E-state index contributed by atoms with van der Waals surface area (Å²) in [5.74, 6) is 2.33. The van der Waals surface area contributed by atoms with E-state index in [1.807, 2.05) is 11.8 Å². The summed E-state index contributed by atoms with van der Waals surface area (Å²) in [6.45, 7) is 0.638. The molecule has 0 bridgehead atoms. The molecule has 2 heterocycles. The van der Waals surface area contributed by atoms with Gasteiger partial charge in [-0.15, -0.1) is 0 Å². The van der Waals surface area contributed by atoms with Gasteiger partial charge in [0.05, 0.1) is 17.1 Å². The van der Waals surface area contributed by atoms with E-state index in [0.717, 1.165) is 30.8 Å².